The second-order valence-corrected chi connectivity index (χ2v) is 5.38. The molecule has 0 radical (unpaired) electrons. The summed E-state index contributed by atoms with van der Waals surface area (Å²) >= 11 is 0. The Bertz CT molecular complexity index is 467. The first-order valence-electron chi connectivity index (χ1n) is 8.22. The lowest BCUT2D eigenvalue weighted by molar-refractivity contribution is 0.0341. The molecule has 1 heterocycles. The molecule has 5 nitrogen and oxygen atoms in total. The van der Waals surface area contributed by atoms with Crippen LogP contribution in [0.4, 0.5) is 0 Å². The van der Waals surface area contributed by atoms with Crippen molar-refractivity contribution in [2.75, 3.05) is 39.4 Å². The van der Waals surface area contributed by atoms with Gasteiger partial charge in [0.25, 0.3) is 0 Å². The number of ether oxygens (including phenoxy) is 1. The van der Waals surface area contributed by atoms with Gasteiger partial charge in [-0.3, -0.25) is 4.90 Å². The molecule has 1 fully saturated rings. The number of nitrogens with one attached hydrogen (secondary N) is 2. The highest BCUT2D eigenvalue weighted by atomic mass is 79.9. The first kappa shape index (κ1) is 19.9. The first-order chi connectivity index (χ1) is 10.8. The molecule has 1 aromatic carbocycles. The summed E-state index contributed by atoms with van der Waals surface area (Å²) in [5.41, 5.74) is 2.66. The van der Waals surface area contributed by atoms with Crippen molar-refractivity contribution in [3.8, 4) is 0 Å². The van der Waals surface area contributed by atoms with Gasteiger partial charge in [0, 0.05) is 32.7 Å². The molecule has 0 spiro atoms. The summed E-state index contributed by atoms with van der Waals surface area (Å²) in [5, 5.41) is 6.53. The van der Waals surface area contributed by atoms with Gasteiger partial charge in [0.15, 0.2) is 5.96 Å². The van der Waals surface area contributed by atoms with Crippen molar-refractivity contribution < 1.29 is 4.74 Å². The minimum atomic E-state index is 0. The zero-order valence-corrected chi connectivity index (χ0v) is 15.9. The fourth-order valence-electron chi connectivity index (χ4n) is 2.54. The minimum Gasteiger partial charge on any atom is -0.379 e. The number of hydrogen-bond donors (Lipinski definition) is 2. The molecule has 2 N–H and O–H groups in total. The van der Waals surface area contributed by atoms with E-state index in [0.717, 1.165) is 51.9 Å². The second kappa shape index (κ2) is 11.4. The van der Waals surface area contributed by atoms with E-state index >= 15 is 0 Å². The van der Waals surface area contributed by atoms with E-state index in [9.17, 15) is 0 Å². The van der Waals surface area contributed by atoms with Crippen LogP contribution in [0.3, 0.4) is 0 Å². The van der Waals surface area contributed by atoms with Crippen LogP contribution in [-0.2, 0) is 17.8 Å². The molecule has 1 saturated heterocycles. The Kier molecular flexibility index (Phi) is 9.91. The van der Waals surface area contributed by atoms with Gasteiger partial charge in [-0.05, 0) is 25.0 Å². The van der Waals surface area contributed by atoms with Crippen LogP contribution in [0.1, 0.15) is 25.0 Å². The number of nitrogens with zero attached hydrogens (tertiary/aromatic N) is 2. The summed E-state index contributed by atoms with van der Waals surface area (Å²) in [6.07, 6.45) is 0. The number of morpholine rings is 1. The predicted molar refractivity (Wildman–Crippen MR) is 101 cm³/mol. The van der Waals surface area contributed by atoms with E-state index in [0.29, 0.717) is 6.54 Å². The van der Waals surface area contributed by atoms with Gasteiger partial charge < -0.3 is 15.4 Å². The maximum Gasteiger partial charge on any atom is 0.191 e. The standard InChI is InChI=1S/C17H28N4O.BrH/c1-3-18-17(19-4-2)20-13-15-7-5-6-8-16(15)14-21-9-11-22-12-10-21;/h5-8H,3-4,9-14H2,1-2H3,(H2,18,19,20);1H. The van der Waals surface area contributed by atoms with Crippen LogP contribution in [0.25, 0.3) is 0 Å². The lowest BCUT2D eigenvalue weighted by Crippen LogP contribution is -2.37. The smallest absolute Gasteiger partial charge is 0.191 e. The van der Waals surface area contributed by atoms with Gasteiger partial charge in [-0.2, -0.15) is 0 Å². The largest absolute Gasteiger partial charge is 0.379 e. The predicted octanol–water partition coefficient (Wildman–Crippen LogP) is 2.17. The fraction of sp³-hybridized carbons (Fsp3) is 0.588. The summed E-state index contributed by atoms with van der Waals surface area (Å²) in [7, 11) is 0. The maximum atomic E-state index is 5.42. The molecule has 0 aliphatic carbocycles. The van der Waals surface area contributed by atoms with Gasteiger partial charge in [-0.15, -0.1) is 17.0 Å². The molecular formula is C17H29BrN4O. The van der Waals surface area contributed by atoms with E-state index in [4.69, 9.17) is 4.74 Å². The summed E-state index contributed by atoms with van der Waals surface area (Å²) < 4.78 is 5.42. The number of benzene rings is 1. The van der Waals surface area contributed by atoms with Crippen molar-refractivity contribution in [2.24, 2.45) is 4.99 Å². The third-order valence-corrected chi connectivity index (χ3v) is 3.71. The summed E-state index contributed by atoms with van der Waals surface area (Å²) in [6.45, 7) is 11.3. The Labute approximate surface area is 150 Å². The third kappa shape index (κ3) is 6.89. The van der Waals surface area contributed by atoms with Gasteiger partial charge in [0.1, 0.15) is 0 Å². The van der Waals surface area contributed by atoms with E-state index in [1.165, 1.54) is 11.1 Å². The quantitative estimate of drug-likeness (QED) is 0.582. The molecule has 23 heavy (non-hydrogen) atoms. The number of aliphatic imine (C=N–C) groups is 1. The average Bonchev–Trinajstić information content (AvgIpc) is 2.55. The van der Waals surface area contributed by atoms with Crippen molar-refractivity contribution in [1.82, 2.24) is 15.5 Å². The topological polar surface area (TPSA) is 48.9 Å². The molecule has 0 bridgehead atoms. The highest BCUT2D eigenvalue weighted by molar-refractivity contribution is 8.93. The molecule has 1 aliphatic heterocycles. The Morgan fingerprint density at radius 2 is 1.70 bits per heavy atom. The van der Waals surface area contributed by atoms with E-state index < -0.39 is 0 Å². The SMILES string of the molecule is Br.CCNC(=NCc1ccccc1CN1CCOCC1)NCC. The molecule has 2 rings (SSSR count). The van der Waals surface area contributed by atoms with E-state index in [1.807, 2.05) is 0 Å². The highest BCUT2D eigenvalue weighted by Crippen LogP contribution is 2.14. The monoisotopic (exact) mass is 384 g/mol. The van der Waals surface area contributed by atoms with Crippen LogP contribution in [0, 0.1) is 0 Å². The summed E-state index contributed by atoms with van der Waals surface area (Å²) in [5.74, 6) is 0.881. The van der Waals surface area contributed by atoms with Gasteiger partial charge in [-0.1, -0.05) is 24.3 Å². The van der Waals surface area contributed by atoms with Crippen LogP contribution >= 0.6 is 17.0 Å². The molecule has 1 aromatic rings. The van der Waals surface area contributed by atoms with Crippen LogP contribution < -0.4 is 10.6 Å². The molecule has 6 heteroatoms. The molecule has 0 saturated carbocycles. The van der Waals surface area contributed by atoms with Gasteiger partial charge in [0.05, 0.1) is 19.8 Å². The maximum absolute atomic E-state index is 5.42. The number of guanidine groups is 1. The normalized spacial score (nSPS) is 14.7. The fourth-order valence-corrected chi connectivity index (χ4v) is 2.54. The van der Waals surface area contributed by atoms with Gasteiger partial charge in [0.2, 0.25) is 0 Å². The number of hydrogen-bond acceptors (Lipinski definition) is 3. The molecule has 0 atom stereocenters. The van der Waals surface area contributed by atoms with Crippen LogP contribution in [0.15, 0.2) is 29.3 Å². The van der Waals surface area contributed by atoms with Crippen LogP contribution in [-0.4, -0.2) is 50.3 Å². The molecule has 0 amide bonds. The van der Waals surface area contributed by atoms with Crippen molar-refractivity contribution in [1.29, 1.82) is 0 Å². The molecule has 130 valence electrons. The third-order valence-electron chi connectivity index (χ3n) is 3.71. The van der Waals surface area contributed by atoms with Gasteiger partial charge in [-0.25, -0.2) is 4.99 Å². The van der Waals surface area contributed by atoms with Gasteiger partial charge >= 0.3 is 0 Å². The molecular weight excluding hydrogens is 356 g/mol. The Balaban J connectivity index is 0.00000264. The van der Waals surface area contributed by atoms with Crippen molar-refractivity contribution in [2.45, 2.75) is 26.9 Å². The van der Waals surface area contributed by atoms with Crippen molar-refractivity contribution in [3.63, 3.8) is 0 Å². The first-order valence-corrected chi connectivity index (χ1v) is 8.22. The Hall–Kier alpha value is -1.11. The van der Waals surface area contributed by atoms with E-state index in [-0.39, 0.29) is 17.0 Å². The van der Waals surface area contributed by atoms with Crippen molar-refractivity contribution >= 4 is 22.9 Å². The minimum absolute atomic E-state index is 0. The van der Waals surface area contributed by atoms with E-state index in [1.54, 1.807) is 0 Å². The van der Waals surface area contributed by atoms with Crippen molar-refractivity contribution in [3.05, 3.63) is 35.4 Å². The van der Waals surface area contributed by atoms with E-state index in [2.05, 4.69) is 58.6 Å². The number of halogens is 1. The zero-order chi connectivity index (χ0) is 15.6. The van der Waals surface area contributed by atoms with Crippen LogP contribution in [0.5, 0.6) is 0 Å². The molecule has 1 aliphatic rings. The Morgan fingerprint density at radius 1 is 1.09 bits per heavy atom. The summed E-state index contributed by atoms with van der Waals surface area (Å²) in [6, 6.07) is 8.58. The second-order valence-electron chi connectivity index (χ2n) is 5.38. The van der Waals surface area contributed by atoms with Crippen LogP contribution in [0.2, 0.25) is 0 Å². The highest BCUT2D eigenvalue weighted by Gasteiger charge is 2.12. The summed E-state index contributed by atoms with van der Waals surface area (Å²) in [4.78, 5) is 7.12. The number of rotatable bonds is 6. The Morgan fingerprint density at radius 3 is 2.30 bits per heavy atom. The lowest BCUT2D eigenvalue weighted by Gasteiger charge is -2.27. The lowest BCUT2D eigenvalue weighted by atomic mass is 10.1. The molecule has 0 aromatic heterocycles. The molecule has 0 unspecified atom stereocenters. The average molecular weight is 385 g/mol. The zero-order valence-electron chi connectivity index (χ0n) is 14.2.